The Morgan fingerprint density at radius 2 is 2.05 bits per heavy atom. The van der Waals surface area contributed by atoms with Gasteiger partial charge in [-0.2, -0.15) is 24.0 Å². The Morgan fingerprint density at radius 1 is 1.28 bits per heavy atom. The second-order valence-corrected chi connectivity index (χ2v) is 9.26. The van der Waals surface area contributed by atoms with Crippen molar-refractivity contribution in [3.8, 4) is 0 Å². The van der Waals surface area contributed by atoms with E-state index in [4.69, 9.17) is 15.6 Å². The van der Waals surface area contributed by atoms with Crippen molar-refractivity contribution in [3.63, 3.8) is 0 Å². The van der Waals surface area contributed by atoms with Crippen molar-refractivity contribution in [2.75, 3.05) is 31.6 Å². The third-order valence-electron chi connectivity index (χ3n) is 6.89. The van der Waals surface area contributed by atoms with Gasteiger partial charge in [0.05, 0.1) is 42.8 Å². The first-order valence-electron chi connectivity index (χ1n) is 12.3. The van der Waals surface area contributed by atoms with E-state index in [9.17, 15) is 23.1 Å². The van der Waals surface area contributed by atoms with Crippen LogP contribution in [0.4, 0.5) is 19.0 Å². The Hall–Kier alpha value is -3.75. The number of aromatic nitrogens is 1. The number of aliphatic hydroxyl groups is 1. The molecule has 0 bridgehead atoms. The number of benzene rings is 1. The summed E-state index contributed by atoms with van der Waals surface area (Å²) in [7, 11) is 0. The number of nitrogens with one attached hydrogen (secondary N) is 1. The Kier molecular flexibility index (Phi) is 7.18. The number of ether oxygens (including phenoxy) is 1. The van der Waals surface area contributed by atoms with Crippen molar-refractivity contribution >= 4 is 23.8 Å². The molecule has 13 heteroatoms. The third-order valence-corrected chi connectivity index (χ3v) is 6.89. The molecule has 1 fully saturated rings. The first-order chi connectivity index (χ1) is 18.6. The van der Waals surface area contributed by atoms with Gasteiger partial charge in [-0.25, -0.2) is 4.98 Å². The number of amides is 1. The first kappa shape index (κ1) is 26.8. The lowest BCUT2D eigenvalue weighted by molar-refractivity contribution is -0.750. The molecule has 4 heterocycles. The highest BCUT2D eigenvalue weighted by molar-refractivity contribution is 6.05. The molecule has 39 heavy (non-hydrogen) atoms. The van der Waals surface area contributed by atoms with Gasteiger partial charge >= 0.3 is 6.18 Å². The number of aliphatic imine (C=N–C) groups is 2. The number of pyridine rings is 1. The molecule has 0 spiro atoms. The predicted molar refractivity (Wildman–Crippen MR) is 137 cm³/mol. The minimum Gasteiger partial charge on any atom is -0.395 e. The van der Waals surface area contributed by atoms with Crippen molar-refractivity contribution in [2.45, 2.75) is 25.2 Å². The molecule has 1 amide bonds. The zero-order valence-corrected chi connectivity index (χ0v) is 21.0. The largest absolute Gasteiger partial charge is 0.416 e. The summed E-state index contributed by atoms with van der Waals surface area (Å²) in [6.45, 7) is 3.61. The molecule has 1 aromatic carbocycles. The lowest BCUT2D eigenvalue weighted by Crippen LogP contribution is -2.54. The fourth-order valence-electron chi connectivity index (χ4n) is 4.75. The van der Waals surface area contributed by atoms with Crippen LogP contribution in [0.1, 0.15) is 28.4 Å². The normalized spacial score (nSPS) is 25.0. The van der Waals surface area contributed by atoms with E-state index in [2.05, 4.69) is 20.2 Å². The molecule has 2 aromatic rings. The van der Waals surface area contributed by atoms with E-state index in [1.54, 1.807) is 30.7 Å². The van der Waals surface area contributed by atoms with Crippen molar-refractivity contribution < 1.29 is 32.4 Å². The third kappa shape index (κ3) is 5.14. The molecule has 1 saturated heterocycles. The number of alkyl halides is 3. The number of anilines is 1. The second kappa shape index (κ2) is 10.4. The van der Waals surface area contributed by atoms with E-state index in [1.165, 1.54) is 12.1 Å². The first-order valence-corrected chi connectivity index (χ1v) is 12.3. The highest BCUT2D eigenvalue weighted by atomic mass is 19.4. The summed E-state index contributed by atoms with van der Waals surface area (Å²) in [5.74, 6) is 6.46. The summed E-state index contributed by atoms with van der Waals surface area (Å²) in [5.41, 5.74) is 1.22. The van der Waals surface area contributed by atoms with Crippen LogP contribution in [0.5, 0.6) is 0 Å². The highest BCUT2D eigenvalue weighted by Crippen LogP contribution is 2.35. The van der Waals surface area contributed by atoms with E-state index < -0.39 is 17.6 Å². The van der Waals surface area contributed by atoms with Crippen LogP contribution in [0.25, 0.3) is 0 Å². The number of fused-ring (bicyclic) bond motifs is 1. The van der Waals surface area contributed by atoms with Crippen LogP contribution in [-0.2, 0) is 10.9 Å². The topological polar surface area (TPSA) is 125 Å². The lowest BCUT2D eigenvalue weighted by atomic mass is 10.1. The minimum atomic E-state index is -4.55. The van der Waals surface area contributed by atoms with Gasteiger partial charge in [-0.1, -0.05) is 6.92 Å². The maximum Gasteiger partial charge on any atom is 0.416 e. The summed E-state index contributed by atoms with van der Waals surface area (Å²) in [6, 6.07) is 7.92. The van der Waals surface area contributed by atoms with Gasteiger partial charge in [-0.3, -0.25) is 14.7 Å². The van der Waals surface area contributed by atoms with Crippen LogP contribution in [0.2, 0.25) is 0 Å². The fraction of sp³-hybridized carbons (Fsp3) is 0.308. The van der Waals surface area contributed by atoms with Gasteiger partial charge in [0.2, 0.25) is 5.70 Å². The number of halogens is 3. The molecule has 4 N–H and O–H groups in total. The lowest BCUT2D eigenvalue weighted by Gasteiger charge is -2.38. The SMILES string of the molecule is CCN1C[C@H](C2=C3C=NC=C[N+]3(N)C(c3ccc(C(=O)Nc4cc(C(F)(F)F)ccn4)cc3)=N2)OC[C@@H]1CO. The summed E-state index contributed by atoms with van der Waals surface area (Å²) in [6.07, 6.45) is 0.967. The molecule has 10 nitrogen and oxygen atoms in total. The number of amidine groups is 1. The van der Waals surface area contributed by atoms with Gasteiger partial charge in [-0.05, 0) is 42.9 Å². The number of hydrogen-bond donors (Lipinski definition) is 3. The molecule has 0 radical (unpaired) electrons. The van der Waals surface area contributed by atoms with Crippen molar-refractivity contribution in [1.82, 2.24) is 9.88 Å². The number of nitrogens with two attached hydrogens (primary N) is 1. The molecular formula is C26H27F3N7O3+. The van der Waals surface area contributed by atoms with Crippen molar-refractivity contribution in [1.29, 1.82) is 0 Å². The van der Waals surface area contributed by atoms with Crippen LogP contribution in [0, 0.1) is 0 Å². The van der Waals surface area contributed by atoms with Crippen LogP contribution >= 0.6 is 0 Å². The van der Waals surface area contributed by atoms with E-state index >= 15 is 0 Å². The quantitative estimate of drug-likeness (QED) is 0.381. The summed E-state index contributed by atoms with van der Waals surface area (Å²) < 4.78 is 44.8. The maximum absolute atomic E-state index is 13.0. The number of allylic oxidation sites excluding steroid dienone is 1. The van der Waals surface area contributed by atoms with Crippen molar-refractivity contribution in [3.05, 3.63) is 83.1 Å². The Balaban J connectivity index is 1.38. The average Bonchev–Trinajstić information content (AvgIpc) is 3.25. The summed E-state index contributed by atoms with van der Waals surface area (Å²) in [4.78, 5) is 27.7. The van der Waals surface area contributed by atoms with Gasteiger partial charge in [0, 0.05) is 18.3 Å². The van der Waals surface area contributed by atoms with E-state index in [-0.39, 0.29) is 34.7 Å². The van der Waals surface area contributed by atoms with Gasteiger partial charge in [-0.15, -0.1) is 4.59 Å². The van der Waals surface area contributed by atoms with Gasteiger partial charge in [0.25, 0.3) is 11.7 Å². The average molecular weight is 543 g/mol. The number of rotatable bonds is 6. The Labute approximate surface area is 222 Å². The number of nitrogens with zero attached hydrogens (tertiary/aromatic N) is 5. The molecule has 0 aliphatic carbocycles. The number of carbonyl (C=O) groups is 1. The fourth-order valence-corrected chi connectivity index (χ4v) is 4.75. The molecule has 1 unspecified atom stereocenters. The number of aliphatic hydroxyl groups excluding tert-OH is 1. The molecule has 1 aromatic heterocycles. The number of morpholine rings is 1. The Morgan fingerprint density at radius 3 is 2.74 bits per heavy atom. The van der Waals surface area contributed by atoms with Crippen LogP contribution in [-0.4, -0.2) is 76.0 Å². The molecule has 5 rings (SSSR count). The highest BCUT2D eigenvalue weighted by Gasteiger charge is 2.47. The molecule has 3 aliphatic heterocycles. The van der Waals surface area contributed by atoms with Crippen LogP contribution in [0.15, 0.2) is 76.4 Å². The smallest absolute Gasteiger partial charge is 0.395 e. The monoisotopic (exact) mass is 542 g/mol. The second-order valence-electron chi connectivity index (χ2n) is 9.26. The zero-order valence-electron chi connectivity index (χ0n) is 21.0. The van der Waals surface area contributed by atoms with Crippen molar-refractivity contribution in [2.24, 2.45) is 15.8 Å². The zero-order chi connectivity index (χ0) is 27.8. The van der Waals surface area contributed by atoms with E-state index in [0.717, 1.165) is 24.9 Å². The summed E-state index contributed by atoms with van der Waals surface area (Å²) in [5, 5.41) is 12.1. The van der Waals surface area contributed by atoms with Gasteiger partial charge in [0.1, 0.15) is 23.8 Å². The molecule has 3 atom stereocenters. The molecule has 204 valence electrons. The maximum atomic E-state index is 13.0. The number of likely N-dealkylation sites (N-methyl/N-ethyl adjacent to an activating group) is 1. The van der Waals surface area contributed by atoms with Gasteiger partial charge in [0.15, 0.2) is 0 Å². The standard InChI is InChI=1S/C26H26F3N7O3/c1-2-35-13-21(39-15-19(35)14-37)23-20-12-31-9-10-36(20,30)24(34-23)16-3-5-17(6-4-16)25(38)33-22-11-18(7-8-32-22)26(27,28)29/h3-12,19,21,37H,2,13-15,30H2,1H3/p+1/t19-,21+,36?/m0/s1. The number of hydrogen-bond acceptors (Lipinski definition) is 8. The predicted octanol–water partition coefficient (Wildman–Crippen LogP) is 2.65. The van der Waals surface area contributed by atoms with E-state index in [1.807, 2.05) is 6.92 Å². The van der Waals surface area contributed by atoms with Gasteiger partial charge < -0.3 is 15.2 Å². The Bertz CT molecular complexity index is 1390. The minimum absolute atomic E-state index is 0.00811. The van der Waals surface area contributed by atoms with E-state index in [0.29, 0.717) is 35.9 Å². The summed E-state index contributed by atoms with van der Waals surface area (Å²) >= 11 is 0. The molecule has 0 saturated carbocycles. The number of quaternary nitrogens is 1. The number of carbonyl (C=O) groups excluding carboxylic acids is 1. The molecule has 3 aliphatic rings. The van der Waals surface area contributed by atoms with Crippen LogP contribution in [0.3, 0.4) is 0 Å². The molecular weight excluding hydrogens is 515 g/mol. The van der Waals surface area contributed by atoms with Crippen LogP contribution < -0.4 is 11.2 Å².